The Bertz CT molecular complexity index is 803. The summed E-state index contributed by atoms with van der Waals surface area (Å²) in [5.41, 5.74) is 1.66. The number of hydrogen-bond donors (Lipinski definition) is 2. The Morgan fingerprint density at radius 3 is 2.63 bits per heavy atom. The topological polar surface area (TPSA) is 76.4 Å². The molecule has 1 unspecified atom stereocenters. The Balaban J connectivity index is 1.42. The van der Waals surface area contributed by atoms with Gasteiger partial charge in [-0.15, -0.1) is 0 Å². The zero-order valence-electron chi connectivity index (χ0n) is 18.2. The number of likely N-dealkylation sites (tertiary alicyclic amines) is 1. The number of carboxylic acid groups (broad SMARTS) is 1. The average molecular weight is 410 g/mol. The third-order valence-electron chi connectivity index (χ3n) is 8.03. The van der Waals surface area contributed by atoms with E-state index in [1.807, 2.05) is 18.2 Å². The first-order chi connectivity index (χ1) is 14.5. The molecule has 5 heteroatoms. The summed E-state index contributed by atoms with van der Waals surface area (Å²) in [6.07, 6.45) is 8.38. The number of rotatable bonds is 9. The van der Waals surface area contributed by atoms with Gasteiger partial charge in [-0.05, 0) is 80.6 Å². The Morgan fingerprint density at radius 1 is 1.30 bits per heavy atom. The van der Waals surface area contributed by atoms with Crippen molar-refractivity contribution < 1.29 is 9.90 Å². The highest BCUT2D eigenvalue weighted by Crippen LogP contribution is 2.44. The Labute approximate surface area is 180 Å². The zero-order valence-corrected chi connectivity index (χ0v) is 18.2. The normalized spacial score (nSPS) is 27.1. The van der Waals surface area contributed by atoms with Crippen molar-refractivity contribution in [3.63, 3.8) is 0 Å². The van der Waals surface area contributed by atoms with E-state index in [0.717, 1.165) is 69.6 Å². The smallest absolute Gasteiger partial charge is 0.310 e. The van der Waals surface area contributed by atoms with Crippen LogP contribution in [0.1, 0.15) is 63.0 Å². The van der Waals surface area contributed by atoms with Crippen LogP contribution in [0.4, 0.5) is 0 Å². The summed E-state index contributed by atoms with van der Waals surface area (Å²) in [5.74, 6) is 0.220. The van der Waals surface area contributed by atoms with Crippen molar-refractivity contribution in [2.45, 2.75) is 64.3 Å². The van der Waals surface area contributed by atoms with Crippen molar-refractivity contribution in [2.24, 2.45) is 16.7 Å². The molecule has 0 bridgehead atoms. The standard InChI is InChI=1S/C25H35N3O2/c1-2-21-14-22(21)27-17-24(15-19-5-3-6-20(13-19)16-26)9-11-28(12-10-24)18-25(23(29)30)7-4-8-25/h3,5-6,13,21-22,27H,2,4,7-12,14-15,17-18H2,1H3,(H,29,30)/t21?,22-/m1/s1. The van der Waals surface area contributed by atoms with E-state index < -0.39 is 11.4 Å². The molecule has 0 radical (unpaired) electrons. The van der Waals surface area contributed by atoms with Crippen LogP contribution in [0.5, 0.6) is 0 Å². The van der Waals surface area contributed by atoms with E-state index >= 15 is 0 Å². The van der Waals surface area contributed by atoms with Crippen LogP contribution in [0.2, 0.25) is 0 Å². The quantitative estimate of drug-likeness (QED) is 0.648. The van der Waals surface area contributed by atoms with Gasteiger partial charge in [-0.1, -0.05) is 31.9 Å². The molecule has 3 fully saturated rings. The molecule has 1 heterocycles. The Kier molecular flexibility index (Phi) is 6.18. The van der Waals surface area contributed by atoms with Gasteiger partial charge in [0.15, 0.2) is 0 Å². The average Bonchev–Trinajstić information content (AvgIpc) is 3.49. The molecule has 30 heavy (non-hydrogen) atoms. The van der Waals surface area contributed by atoms with Gasteiger partial charge in [0.05, 0.1) is 17.0 Å². The fourth-order valence-electron chi connectivity index (χ4n) is 5.55. The monoisotopic (exact) mass is 409 g/mol. The van der Waals surface area contributed by atoms with Crippen molar-refractivity contribution in [3.05, 3.63) is 35.4 Å². The highest BCUT2D eigenvalue weighted by Gasteiger charge is 2.47. The number of hydrogen-bond acceptors (Lipinski definition) is 4. The van der Waals surface area contributed by atoms with E-state index in [0.29, 0.717) is 12.6 Å². The van der Waals surface area contributed by atoms with Crippen molar-refractivity contribution in [3.8, 4) is 6.07 Å². The van der Waals surface area contributed by atoms with E-state index in [1.54, 1.807) is 0 Å². The van der Waals surface area contributed by atoms with Crippen LogP contribution in [-0.2, 0) is 11.2 Å². The maximum atomic E-state index is 11.8. The summed E-state index contributed by atoms with van der Waals surface area (Å²) in [7, 11) is 0. The second kappa shape index (κ2) is 8.69. The number of piperidine rings is 1. The lowest BCUT2D eigenvalue weighted by molar-refractivity contribution is -0.156. The van der Waals surface area contributed by atoms with Gasteiger partial charge < -0.3 is 15.3 Å². The lowest BCUT2D eigenvalue weighted by Crippen LogP contribution is -2.52. The van der Waals surface area contributed by atoms with Gasteiger partial charge in [-0.25, -0.2) is 0 Å². The van der Waals surface area contributed by atoms with E-state index in [9.17, 15) is 15.2 Å². The Morgan fingerprint density at radius 2 is 2.07 bits per heavy atom. The summed E-state index contributed by atoms with van der Waals surface area (Å²) in [6, 6.07) is 11.0. The minimum absolute atomic E-state index is 0.182. The number of nitrogens with zero attached hydrogens (tertiary/aromatic N) is 2. The molecule has 3 aliphatic rings. The molecule has 0 amide bonds. The molecular weight excluding hydrogens is 374 g/mol. The van der Waals surface area contributed by atoms with Crippen LogP contribution >= 0.6 is 0 Å². The largest absolute Gasteiger partial charge is 0.481 e. The molecule has 4 rings (SSSR count). The Hall–Kier alpha value is -1.90. The van der Waals surface area contributed by atoms with Gasteiger partial charge >= 0.3 is 5.97 Å². The van der Waals surface area contributed by atoms with E-state index in [2.05, 4.69) is 29.3 Å². The second-order valence-electron chi connectivity index (χ2n) is 10.1. The van der Waals surface area contributed by atoms with Crippen molar-refractivity contribution >= 4 is 5.97 Å². The van der Waals surface area contributed by atoms with Gasteiger partial charge in [0.1, 0.15) is 0 Å². The van der Waals surface area contributed by atoms with Gasteiger partial charge in [0.25, 0.3) is 0 Å². The van der Waals surface area contributed by atoms with Crippen molar-refractivity contribution in [2.75, 3.05) is 26.2 Å². The molecule has 1 aromatic rings. The molecule has 1 aromatic carbocycles. The van der Waals surface area contributed by atoms with Gasteiger partial charge in [-0.2, -0.15) is 5.26 Å². The fourth-order valence-corrected chi connectivity index (χ4v) is 5.55. The van der Waals surface area contributed by atoms with Gasteiger partial charge in [0.2, 0.25) is 0 Å². The predicted molar refractivity (Wildman–Crippen MR) is 117 cm³/mol. The molecule has 2 aliphatic carbocycles. The number of benzene rings is 1. The van der Waals surface area contributed by atoms with Crippen LogP contribution in [0.15, 0.2) is 24.3 Å². The summed E-state index contributed by atoms with van der Waals surface area (Å²) in [6.45, 7) is 5.93. The third kappa shape index (κ3) is 4.55. The van der Waals surface area contributed by atoms with Crippen LogP contribution < -0.4 is 5.32 Å². The summed E-state index contributed by atoms with van der Waals surface area (Å²) >= 11 is 0. The molecule has 1 aliphatic heterocycles. The van der Waals surface area contributed by atoms with Crippen molar-refractivity contribution in [1.29, 1.82) is 5.26 Å². The maximum Gasteiger partial charge on any atom is 0.310 e. The maximum absolute atomic E-state index is 11.8. The number of carboxylic acids is 1. The van der Waals surface area contributed by atoms with Crippen LogP contribution in [0.25, 0.3) is 0 Å². The lowest BCUT2D eigenvalue weighted by atomic mass is 9.67. The highest BCUT2D eigenvalue weighted by atomic mass is 16.4. The van der Waals surface area contributed by atoms with Crippen LogP contribution in [0.3, 0.4) is 0 Å². The van der Waals surface area contributed by atoms with E-state index in [1.165, 1.54) is 18.4 Å². The highest BCUT2D eigenvalue weighted by molar-refractivity contribution is 5.76. The van der Waals surface area contributed by atoms with Gasteiger partial charge in [-0.3, -0.25) is 4.79 Å². The number of carbonyl (C=O) groups is 1. The summed E-state index contributed by atoms with van der Waals surface area (Å²) in [4.78, 5) is 14.2. The molecule has 2 saturated carbocycles. The van der Waals surface area contributed by atoms with E-state index in [4.69, 9.17) is 0 Å². The molecule has 5 nitrogen and oxygen atoms in total. The SMILES string of the molecule is CCC1C[C@H]1NCC1(Cc2cccc(C#N)c2)CCN(CC2(C(=O)O)CCC2)CC1. The lowest BCUT2D eigenvalue weighted by Gasteiger charge is -2.47. The molecule has 0 spiro atoms. The first kappa shape index (κ1) is 21.3. The molecular formula is C25H35N3O2. The molecule has 0 aromatic heterocycles. The summed E-state index contributed by atoms with van der Waals surface area (Å²) < 4.78 is 0. The van der Waals surface area contributed by atoms with E-state index in [-0.39, 0.29) is 5.41 Å². The molecule has 2 N–H and O–H groups in total. The molecule has 162 valence electrons. The minimum atomic E-state index is -0.611. The van der Waals surface area contributed by atoms with Crippen molar-refractivity contribution in [1.82, 2.24) is 10.2 Å². The second-order valence-corrected chi connectivity index (χ2v) is 10.1. The van der Waals surface area contributed by atoms with Crippen LogP contribution in [-0.4, -0.2) is 48.2 Å². The zero-order chi connectivity index (χ0) is 21.2. The van der Waals surface area contributed by atoms with Crippen LogP contribution in [0, 0.1) is 28.1 Å². The van der Waals surface area contributed by atoms with Gasteiger partial charge in [0, 0.05) is 19.1 Å². The number of nitrogens with one attached hydrogen (secondary N) is 1. The molecule has 2 atom stereocenters. The first-order valence-corrected chi connectivity index (χ1v) is 11.7. The third-order valence-corrected chi connectivity index (χ3v) is 8.03. The predicted octanol–water partition coefficient (Wildman–Crippen LogP) is 3.83. The number of nitriles is 1. The fraction of sp³-hybridized carbons (Fsp3) is 0.680. The summed E-state index contributed by atoms with van der Waals surface area (Å²) in [5, 5.41) is 22.8. The number of aliphatic carboxylic acids is 1. The minimum Gasteiger partial charge on any atom is -0.481 e. The first-order valence-electron chi connectivity index (χ1n) is 11.7. The molecule has 1 saturated heterocycles.